The highest BCUT2D eigenvalue weighted by atomic mass is 32.2. The third kappa shape index (κ3) is 5.12. The first-order valence-electron chi connectivity index (χ1n) is 7.79. The number of hydrogen-bond donors (Lipinski definition) is 2. The predicted octanol–water partition coefficient (Wildman–Crippen LogP) is 3.67. The van der Waals surface area contributed by atoms with E-state index in [-0.39, 0.29) is 11.9 Å². The second-order valence-corrected chi connectivity index (χ2v) is 6.89. The molecule has 4 heteroatoms. The van der Waals surface area contributed by atoms with Crippen LogP contribution >= 0.6 is 11.8 Å². The van der Waals surface area contributed by atoms with E-state index in [9.17, 15) is 4.79 Å². The molecular weight excluding hydrogens is 304 g/mol. The summed E-state index contributed by atoms with van der Waals surface area (Å²) in [6.45, 7) is 6.57. The predicted molar refractivity (Wildman–Crippen MR) is 97.9 cm³/mol. The van der Waals surface area contributed by atoms with Gasteiger partial charge in [-0.3, -0.25) is 4.79 Å². The van der Waals surface area contributed by atoms with Gasteiger partial charge in [-0.1, -0.05) is 29.8 Å². The standard InChI is InChI=1S/C19H24N2OS/c1-13-7-8-18(14(2)9-13)23-12-16-5-4-6-17(10-16)19(22)21-15(3)11-20/h4-10,15H,11-12,20H2,1-3H3,(H,21,22)/t15-/m0/s1. The SMILES string of the molecule is Cc1ccc(SCc2cccc(C(=O)N[C@@H](C)CN)c2)c(C)c1. The highest BCUT2D eigenvalue weighted by Crippen LogP contribution is 2.26. The van der Waals surface area contributed by atoms with E-state index in [2.05, 4.69) is 43.4 Å². The van der Waals surface area contributed by atoms with E-state index in [1.807, 2.05) is 25.1 Å². The Balaban J connectivity index is 2.03. The first-order chi connectivity index (χ1) is 11.0. The number of amides is 1. The van der Waals surface area contributed by atoms with Crippen LogP contribution in [0.5, 0.6) is 0 Å². The lowest BCUT2D eigenvalue weighted by molar-refractivity contribution is 0.0941. The van der Waals surface area contributed by atoms with Crippen LogP contribution in [0.15, 0.2) is 47.4 Å². The third-order valence-corrected chi connectivity index (χ3v) is 4.89. The van der Waals surface area contributed by atoms with Crippen LogP contribution in [0.4, 0.5) is 0 Å². The Kier molecular flexibility index (Phi) is 6.25. The summed E-state index contributed by atoms with van der Waals surface area (Å²) in [4.78, 5) is 13.4. The molecule has 0 aromatic heterocycles. The Labute approximate surface area is 142 Å². The second-order valence-electron chi connectivity index (χ2n) is 5.87. The number of nitrogens with two attached hydrogens (primary N) is 1. The maximum absolute atomic E-state index is 12.2. The summed E-state index contributed by atoms with van der Waals surface area (Å²) >= 11 is 1.80. The van der Waals surface area contributed by atoms with Crippen LogP contribution in [0.25, 0.3) is 0 Å². The number of aryl methyl sites for hydroxylation is 2. The minimum absolute atomic E-state index is 0.0178. The molecule has 0 unspecified atom stereocenters. The van der Waals surface area contributed by atoms with Crippen molar-refractivity contribution >= 4 is 17.7 Å². The van der Waals surface area contributed by atoms with Crippen LogP contribution in [0, 0.1) is 13.8 Å². The average molecular weight is 328 g/mol. The molecule has 0 saturated carbocycles. The number of thioether (sulfide) groups is 1. The molecule has 0 aliphatic carbocycles. The summed E-state index contributed by atoms with van der Waals surface area (Å²) in [7, 11) is 0. The van der Waals surface area contributed by atoms with Crippen molar-refractivity contribution in [2.75, 3.05) is 6.54 Å². The van der Waals surface area contributed by atoms with Crippen molar-refractivity contribution in [2.45, 2.75) is 37.5 Å². The molecular formula is C19H24N2OS. The van der Waals surface area contributed by atoms with Gasteiger partial charge in [-0.15, -0.1) is 11.8 Å². The molecule has 0 saturated heterocycles. The first-order valence-corrected chi connectivity index (χ1v) is 8.78. The van der Waals surface area contributed by atoms with Crippen LogP contribution in [0.1, 0.15) is 34.0 Å². The summed E-state index contributed by atoms with van der Waals surface area (Å²) < 4.78 is 0. The normalized spacial score (nSPS) is 12.0. The Morgan fingerprint density at radius 1 is 1.22 bits per heavy atom. The maximum atomic E-state index is 12.2. The van der Waals surface area contributed by atoms with Gasteiger partial charge in [0.1, 0.15) is 0 Å². The van der Waals surface area contributed by atoms with Gasteiger partial charge in [-0.2, -0.15) is 0 Å². The van der Waals surface area contributed by atoms with Crippen molar-refractivity contribution in [3.05, 3.63) is 64.7 Å². The lowest BCUT2D eigenvalue weighted by atomic mass is 10.1. The summed E-state index contributed by atoms with van der Waals surface area (Å²) in [5.41, 5.74) is 9.94. The van der Waals surface area contributed by atoms with Crippen molar-refractivity contribution in [2.24, 2.45) is 5.73 Å². The Bertz CT molecular complexity index is 685. The fraction of sp³-hybridized carbons (Fsp3) is 0.316. The molecule has 0 radical (unpaired) electrons. The van der Waals surface area contributed by atoms with Crippen LogP contribution in [0.2, 0.25) is 0 Å². The summed E-state index contributed by atoms with van der Waals surface area (Å²) in [5, 5.41) is 2.89. The lowest BCUT2D eigenvalue weighted by Crippen LogP contribution is -2.37. The van der Waals surface area contributed by atoms with Gasteiger partial charge in [0, 0.05) is 28.8 Å². The van der Waals surface area contributed by atoms with Gasteiger partial charge in [0.25, 0.3) is 5.91 Å². The number of hydrogen-bond acceptors (Lipinski definition) is 3. The number of carbonyl (C=O) groups excluding carboxylic acids is 1. The third-order valence-electron chi connectivity index (χ3n) is 3.64. The summed E-state index contributed by atoms with van der Waals surface area (Å²) in [6.07, 6.45) is 0. The highest BCUT2D eigenvalue weighted by molar-refractivity contribution is 7.98. The molecule has 2 rings (SSSR count). The lowest BCUT2D eigenvalue weighted by Gasteiger charge is -2.12. The van der Waals surface area contributed by atoms with E-state index in [0.29, 0.717) is 12.1 Å². The van der Waals surface area contributed by atoms with E-state index in [1.54, 1.807) is 11.8 Å². The molecule has 0 aliphatic heterocycles. The monoisotopic (exact) mass is 328 g/mol. The molecule has 0 aliphatic rings. The number of carbonyl (C=O) groups is 1. The molecule has 3 nitrogen and oxygen atoms in total. The summed E-state index contributed by atoms with van der Waals surface area (Å²) in [5.74, 6) is 0.776. The van der Waals surface area contributed by atoms with Crippen molar-refractivity contribution in [3.63, 3.8) is 0 Å². The average Bonchev–Trinajstić information content (AvgIpc) is 2.54. The van der Waals surface area contributed by atoms with Gasteiger partial charge in [-0.25, -0.2) is 0 Å². The molecule has 1 atom stereocenters. The maximum Gasteiger partial charge on any atom is 0.251 e. The number of benzene rings is 2. The van der Waals surface area contributed by atoms with E-state index >= 15 is 0 Å². The fourth-order valence-corrected chi connectivity index (χ4v) is 3.24. The Morgan fingerprint density at radius 2 is 2.00 bits per heavy atom. The zero-order valence-electron chi connectivity index (χ0n) is 13.9. The molecule has 0 fully saturated rings. The van der Waals surface area contributed by atoms with E-state index in [1.165, 1.54) is 16.0 Å². The Hall–Kier alpha value is -1.78. The zero-order chi connectivity index (χ0) is 16.8. The van der Waals surface area contributed by atoms with Crippen LogP contribution in [-0.4, -0.2) is 18.5 Å². The van der Waals surface area contributed by atoms with Gasteiger partial charge < -0.3 is 11.1 Å². The van der Waals surface area contributed by atoms with Crippen LogP contribution < -0.4 is 11.1 Å². The molecule has 2 aromatic carbocycles. The number of nitrogens with one attached hydrogen (secondary N) is 1. The second kappa shape index (κ2) is 8.18. The topological polar surface area (TPSA) is 55.1 Å². The highest BCUT2D eigenvalue weighted by Gasteiger charge is 2.09. The molecule has 122 valence electrons. The molecule has 0 heterocycles. The number of rotatable bonds is 6. The van der Waals surface area contributed by atoms with Crippen molar-refractivity contribution in [1.29, 1.82) is 0 Å². The molecule has 0 spiro atoms. The molecule has 3 N–H and O–H groups in total. The molecule has 1 amide bonds. The summed E-state index contributed by atoms with van der Waals surface area (Å²) in [6, 6.07) is 14.2. The first kappa shape index (κ1) is 17.6. The Morgan fingerprint density at radius 3 is 2.70 bits per heavy atom. The van der Waals surface area contributed by atoms with Gasteiger partial charge >= 0.3 is 0 Å². The van der Waals surface area contributed by atoms with Gasteiger partial charge in [0.15, 0.2) is 0 Å². The zero-order valence-corrected chi connectivity index (χ0v) is 14.7. The quantitative estimate of drug-likeness (QED) is 0.796. The van der Waals surface area contributed by atoms with Gasteiger partial charge in [0.2, 0.25) is 0 Å². The minimum atomic E-state index is -0.0682. The van der Waals surface area contributed by atoms with Crippen molar-refractivity contribution in [1.82, 2.24) is 5.32 Å². The molecule has 0 bridgehead atoms. The molecule has 2 aromatic rings. The van der Waals surface area contributed by atoms with Gasteiger partial charge in [-0.05, 0) is 50.1 Å². The van der Waals surface area contributed by atoms with E-state index in [0.717, 1.165) is 11.3 Å². The van der Waals surface area contributed by atoms with Crippen molar-refractivity contribution in [3.8, 4) is 0 Å². The minimum Gasteiger partial charge on any atom is -0.348 e. The van der Waals surface area contributed by atoms with Crippen LogP contribution in [0.3, 0.4) is 0 Å². The smallest absolute Gasteiger partial charge is 0.251 e. The largest absolute Gasteiger partial charge is 0.348 e. The fourth-order valence-electron chi connectivity index (χ4n) is 2.29. The molecule has 23 heavy (non-hydrogen) atoms. The van der Waals surface area contributed by atoms with Gasteiger partial charge in [0.05, 0.1) is 0 Å². The van der Waals surface area contributed by atoms with E-state index in [4.69, 9.17) is 5.73 Å². The van der Waals surface area contributed by atoms with Crippen LogP contribution in [-0.2, 0) is 5.75 Å². The van der Waals surface area contributed by atoms with E-state index < -0.39 is 0 Å². The van der Waals surface area contributed by atoms with Crippen molar-refractivity contribution < 1.29 is 4.79 Å².